The minimum atomic E-state index is 0.550. The van der Waals surface area contributed by atoms with Crippen LogP contribution in [0, 0.1) is 6.92 Å². The molecule has 5 nitrogen and oxygen atoms in total. The molecule has 2 aliphatic heterocycles. The monoisotopic (exact) mass is 385 g/mol. The fraction of sp³-hybridized carbons (Fsp3) is 0.458. The van der Waals surface area contributed by atoms with Crippen LogP contribution in [0.5, 0.6) is 0 Å². The van der Waals surface area contributed by atoms with E-state index >= 15 is 0 Å². The van der Waals surface area contributed by atoms with Gasteiger partial charge >= 0.3 is 0 Å². The summed E-state index contributed by atoms with van der Waals surface area (Å²) in [6.45, 7) is 4.22. The van der Waals surface area contributed by atoms with Gasteiger partial charge in [-0.3, -0.25) is 9.97 Å². The fourth-order valence-corrected chi connectivity index (χ4v) is 5.60. The molecule has 29 heavy (non-hydrogen) atoms. The quantitative estimate of drug-likeness (QED) is 0.716. The van der Waals surface area contributed by atoms with Crippen LogP contribution in [-0.2, 0) is 0 Å². The Kier molecular flexibility index (Phi) is 4.05. The summed E-state index contributed by atoms with van der Waals surface area (Å²) in [5.41, 5.74) is 6.80. The SMILES string of the molecule is Cc1cccc(-c2nc3n(c2-c2ccnc(C4CCNCC4)c2)C2CCC3C2)n1. The minimum absolute atomic E-state index is 0.550. The maximum atomic E-state index is 5.17. The summed E-state index contributed by atoms with van der Waals surface area (Å²) in [4.78, 5) is 14.8. The van der Waals surface area contributed by atoms with Crippen molar-refractivity contribution in [1.29, 1.82) is 0 Å². The van der Waals surface area contributed by atoms with Gasteiger partial charge in [0.15, 0.2) is 0 Å². The molecule has 2 unspecified atom stereocenters. The standard InChI is InChI=1S/C24H27N5/c1-15-3-2-4-20(27-15)22-23(29-19-6-5-18(13-19)24(29)28-22)17-9-12-26-21(14-17)16-7-10-25-11-8-16/h2-4,9,12,14,16,18-19,25H,5-8,10-11,13H2,1H3. The van der Waals surface area contributed by atoms with Gasteiger partial charge in [-0.2, -0.15) is 0 Å². The minimum Gasteiger partial charge on any atom is -0.324 e. The third-order valence-corrected chi connectivity index (χ3v) is 7.02. The van der Waals surface area contributed by atoms with E-state index in [2.05, 4.69) is 47.1 Å². The van der Waals surface area contributed by atoms with Crippen LogP contribution >= 0.6 is 0 Å². The van der Waals surface area contributed by atoms with Gasteiger partial charge in [-0.15, -0.1) is 0 Å². The highest BCUT2D eigenvalue weighted by atomic mass is 15.2. The van der Waals surface area contributed by atoms with E-state index in [9.17, 15) is 0 Å². The number of hydrogen-bond donors (Lipinski definition) is 1. The maximum Gasteiger partial charge on any atom is 0.115 e. The number of aromatic nitrogens is 4. The van der Waals surface area contributed by atoms with Gasteiger partial charge in [-0.05, 0) is 76.4 Å². The first kappa shape index (κ1) is 17.3. The molecule has 5 heteroatoms. The molecule has 0 radical (unpaired) electrons. The summed E-state index contributed by atoms with van der Waals surface area (Å²) in [6, 6.07) is 11.3. The predicted molar refractivity (Wildman–Crippen MR) is 114 cm³/mol. The molecule has 1 saturated carbocycles. The molecule has 6 rings (SSSR count). The molecule has 1 saturated heterocycles. The molecule has 2 bridgehead atoms. The Morgan fingerprint density at radius 2 is 1.90 bits per heavy atom. The molecule has 1 aliphatic carbocycles. The highest BCUT2D eigenvalue weighted by molar-refractivity contribution is 5.78. The summed E-state index contributed by atoms with van der Waals surface area (Å²) < 4.78 is 2.54. The Labute approximate surface area is 171 Å². The summed E-state index contributed by atoms with van der Waals surface area (Å²) in [7, 11) is 0. The van der Waals surface area contributed by atoms with Gasteiger partial charge in [0.05, 0.1) is 11.4 Å². The van der Waals surface area contributed by atoms with E-state index in [-0.39, 0.29) is 0 Å². The van der Waals surface area contributed by atoms with Crippen LogP contribution in [0.15, 0.2) is 36.5 Å². The summed E-state index contributed by atoms with van der Waals surface area (Å²) in [5.74, 6) is 2.44. The summed E-state index contributed by atoms with van der Waals surface area (Å²) in [5, 5.41) is 3.46. The topological polar surface area (TPSA) is 55.6 Å². The van der Waals surface area contributed by atoms with Crippen LogP contribution in [0.1, 0.15) is 67.2 Å². The summed E-state index contributed by atoms with van der Waals surface area (Å²) in [6.07, 6.45) is 8.12. The smallest absolute Gasteiger partial charge is 0.115 e. The van der Waals surface area contributed by atoms with Crippen molar-refractivity contribution >= 4 is 0 Å². The van der Waals surface area contributed by atoms with Gasteiger partial charge in [-0.1, -0.05) is 6.07 Å². The molecule has 148 valence electrons. The fourth-order valence-electron chi connectivity index (χ4n) is 5.60. The number of rotatable bonds is 3. The van der Waals surface area contributed by atoms with E-state index in [1.165, 1.54) is 42.0 Å². The van der Waals surface area contributed by atoms with Crippen molar-refractivity contribution < 1.29 is 0 Å². The molecular weight excluding hydrogens is 358 g/mol. The zero-order valence-corrected chi connectivity index (χ0v) is 16.9. The lowest BCUT2D eigenvalue weighted by Gasteiger charge is -2.23. The van der Waals surface area contributed by atoms with Gasteiger partial charge in [0.2, 0.25) is 0 Å². The van der Waals surface area contributed by atoms with E-state index in [1.807, 2.05) is 6.20 Å². The molecule has 3 aromatic heterocycles. The largest absolute Gasteiger partial charge is 0.324 e. The number of nitrogens with zero attached hydrogens (tertiary/aromatic N) is 4. The average molecular weight is 386 g/mol. The van der Waals surface area contributed by atoms with Gasteiger partial charge in [0.1, 0.15) is 11.5 Å². The number of imidazole rings is 1. The molecule has 3 aliphatic rings. The van der Waals surface area contributed by atoms with E-state index in [4.69, 9.17) is 15.0 Å². The molecule has 2 fully saturated rings. The van der Waals surface area contributed by atoms with Crippen molar-refractivity contribution in [3.63, 3.8) is 0 Å². The van der Waals surface area contributed by atoms with Gasteiger partial charge in [0.25, 0.3) is 0 Å². The Balaban J connectivity index is 1.51. The molecular formula is C24H27N5. The molecule has 0 aromatic carbocycles. The summed E-state index contributed by atoms with van der Waals surface area (Å²) >= 11 is 0. The van der Waals surface area contributed by atoms with Crippen LogP contribution in [0.2, 0.25) is 0 Å². The first-order valence-corrected chi connectivity index (χ1v) is 11.0. The highest BCUT2D eigenvalue weighted by Crippen LogP contribution is 2.52. The van der Waals surface area contributed by atoms with Crippen LogP contribution in [0.4, 0.5) is 0 Å². The molecule has 5 heterocycles. The second-order valence-electron chi connectivity index (χ2n) is 8.86. The van der Waals surface area contributed by atoms with Gasteiger partial charge in [-0.25, -0.2) is 4.98 Å². The number of hydrogen-bond acceptors (Lipinski definition) is 4. The average Bonchev–Trinajstić information content (AvgIpc) is 3.47. The number of fused-ring (bicyclic) bond motifs is 5. The van der Waals surface area contributed by atoms with E-state index in [0.29, 0.717) is 17.9 Å². The molecule has 0 spiro atoms. The second-order valence-corrected chi connectivity index (χ2v) is 8.86. The van der Waals surface area contributed by atoms with Crippen LogP contribution in [0.3, 0.4) is 0 Å². The van der Waals surface area contributed by atoms with E-state index in [1.54, 1.807) is 0 Å². The van der Waals surface area contributed by atoms with Crippen LogP contribution in [-0.4, -0.2) is 32.6 Å². The number of nitrogens with one attached hydrogen (secondary N) is 1. The predicted octanol–water partition coefficient (Wildman–Crippen LogP) is 4.60. The normalized spacial score (nSPS) is 23.5. The van der Waals surface area contributed by atoms with Crippen molar-refractivity contribution in [2.24, 2.45) is 0 Å². The van der Waals surface area contributed by atoms with Crippen LogP contribution < -0.4 is 5.32 Å². The first-order valence-electron chi connectivity index (χ1n) is 11.0. The third-order valence-electron chi connectivity index (χ3n) is 7.02. The Morgan fingerprint density at radius 1 is 1.00 bits per heavy atom. The lowest BCUT2D eigenvalue weighted by atomic mass is 9.93. The van der Waals surface area contributed by atoms with Crippen molar-refractivity contribution in [3.05, 3.63) is 53.7 Å². The molecule has 3 aromatic rings. The van der Waals surface area contributed by atoms with Crippen molar-refractivity contribution in [1.82, 2.24) is 24.8 Å². The van der Waals surface area contributed by atoms with E-state index in [0.717, 1.165) is 43.0 Å². The molecule has 0 amide bonds. The molecule has 2 atom stereocenters. The maximum absolute atomic E-state index is 5.17. The molecule has 1 N–H and O–H groups in total. The van der Waals surface area contributed by atoms with Crippen molar-refractivity contribution in [2.75, 3.05) is 13.1 Å². The van der Waals surface area contributed by atoms with Crippen LogP contribution in [0.25, 0.3) is 22.6 Å². The second kappa shape index (κ2) is 6.77. The third kappa shape index (κ3) is 2.83. The lowest BCUT2D eigenvalue weighted by Crippen LogP contribution is -2.27. The highest BCUT2D eigenvalue weighted by Gasteiger charge is 2.41. The van der Waals surface area contributed by atoms with E-state index < -0.39 is 0 Å². The zero-order valence-electron chi connectivity index (χ0n) is 16.9. The Morgan fingerprint density at radius 3 is 2.76 bits per heavy atom. The number of pyridine rings is 2. The van der Waals surface area contributed by atoms with Crippen molar-refractivity contribution in [3.8, 4) is 22.6 Å². The van der Waals surface area contributed by atoms with Gasteiger partial charge < -0.3 is 9.88 Å². The van der Waals surface area contributed by atoms with Gasteiger partial charge in [0, 0.05) is 41.0 Å². The number of piperidine rings is 1. The van der Waals surface area contributed by atoms with Crippen molar-refractivity contribution in [2.45, 2.75) is 56.9 Å². The Bertz CT molecular complexity index is 1060. The first-order chi connectivity index (χ1) is 14.3. The zero-order chi connectivity index (χ0) is 19.4. The number of aryl methyl sites for hydroxylation is 1. The Hall–Kier alpha value is -2.53. The lowest BCUT2D eigenvalue weighted by molar-refractivity contribution is 0.453.